The van der Waals surface area contributed by atoms with Gasteiger partial charge in [-0.2, -0.15) is 0 Å². The highest BCUT2D eigenvalue weighted by Crippen LogP contribution is 2.40. The zero-order valence-electron chi connectivity index (χ0n) is 9.69. The number of ether oxygens (including phenoxy) is 4. The van der Waals surface area contributed by atoms with E-state index in [9.17, 15) is 10.2 Å². The largest absolute Gasteiger partial charge is 0.387 e. The molecule has 6 heteroatoms. The molecule has 0 aromatic carbocycles. The molecule has 17 heavy (non-hydrogen) atoms. The van der Waals surface area contributed by atoms with Crippen molar-refractivity contribution in [2.75, 3.05) is 6.61 Å². The van der Waals surface area contributed by atoms with Crippen LogP contribution in [0.4, 0.5) is 0 Å². The first-order valence-electron chi connectivity index (χ1n) is 6.16. The van der Waals surface area contributed by atoms with Crippen LogP contribution >= 0.6 is 0 Å². The third kappa shape index (κ3) is 1.80. The van der Waals surface area contributed by atoms with Gasteiger partial charge < -0.3 is 29.2 Å². The first kappa shape index (κ1) is 11.8. The van der Waals surface area contributed by atoms with E-state index in [1.165, 1.54) is 0 Å². The van der Waals surface area contributed by atoms with Gasteiger partial charge in [0.25, 0.3) is 6.48 Å². The standard InChI is InChI=1S/C11H18O6/c1-2-3-4-14-10-8-5(12)7-6(13)9(10)17-11(15-7)16-8/h5-13H,2-4H2,1H3. The lowest BCUT2D eigenvalue weighted by Gasteiger charge is -2.56. The Bertz CT molecular complexity index is 265. The molecule has 4 aliphatic rings. The Morgan fingerprint density at radius 1 is 1.00 bits per heavy atom. The molecule has 98 valence electrons. The van der Waals surface area contributed by atoms with Crippen LogP contribution in [0.5, 0.6) is 0 Å². The fourth-order valence-electron chi connectivity index (χ4n) is 2.66. The number of hydrogen-bond acceptors (Lipinski definition) is 6. The van der Waals surface area contributed by atoms with E-state index in [4.69, 9.17) is 18.9 Å². The first-order valence-corrected chi connectivity index (χ1v) is 6.16. The predicted octanol–water partition coefficient (Wildman–Crippen LogP) is -0.627. The maximum atomic E-state index is 9.98. The van der Waals surface area contributed by atoms with Gasteiger partial charge >= 0.3 is 0 Å². The maximum absolute atomic E-state index is 9.98. The zero-order valence-corrected chi connectivity index (χ0v) is 9.69. The highest BCUT2D eigenvalue weighted by atomic mass is 16.9. The van der Waals surface area contributed by atoms with E-state index in [0.717, 1.165) is 12.8 Å². The van der Waals surface area contributed by atoms with Crippen LogP contribution in [0.2, 0.25) is 0 Å². The van der Waals surface area contributed by atoms with Crippen molar-refractivity contribution in [3.05, 3.63) is 0 Å². The van der Waals surface area contributed by atoms with Crippen LogP contribution < -0.4 is 0 Å². The lowest BCUT2D eigenvalue weighted by molar-refractivity contribution is -0.483. The molecule has 3 aliphatic heterocycles. The summed E-state index contributed by atoms with van der Waals surface area (Å²) >= 11 is 0. The van der Waals surface area contributed by atoms with Crippen molar-refractivity contribution in [2.45, 2.75) is 62.9 Å². The van der Waals surface area contributed by atoms with Crippen molar-refractivity contribution in [3.8, 4) is 0 Å². The molecule has 1 aliphatic carbocycles. The summed E-state index contributed by atoms with van der Waals surface area (Å²) in [6.07, 6.45) is -1.70. The Kier molecular flexibility index (Phi) is 3.10. The highest BCUT2D eigenvalue weighted by molar-refractivity contribution is 5.05. The second-order valence-electron chi connectivity index (χ2n) is 4.76. The second kappa shape index (κ2) is 4.46. The topological polar surface area (TPSA) is 77.4 Å². The molecule has 4 rings (SSSR count). The molecule has 3 heterocycles. The summed E-state index contributed by atoms with van der Waals surface area (Å²) in [7, 11) is 0. The number of unbranched alkanes of at least 4 members (excludes halogenated alkanes) is 1. The zero-order chi connectivity index (χ0) is 12.0. The Hall–Kier alpha value is -0.240. The average Bonchev–Trinajstić information content (AvgIpc) is 2.33. The molecule has 0 aromatic heterocycles. The number of hydrogen-bond donors (Lipinski definition) is 2. The van der Waals surface area contributed by atoms with E-state index >= 15 is 0 Å². The molecule has 1 saturated carbocycles. The Balaban J connectivity index is 1.71. The van der Waals surface area contributed by atoms with E-state index in [2.05, 4.69) is 6.92 Å². The monoisotopic (exact) mass is 246 g/mol. The summed E-state index contributed by atoms with van der Waals surface area (Å²) in [5.74, 6) is 0. The van der Waals surface area contributed by atoms with Gasteiger partial charge in [-0.05, 0) is 6.42 Å². The van der Waals surface area contributed by atoms with E-state index in [-0.39, 0.29) is 0 Å². The summed E-state index contributed by atoms with van der Waals surface area (Å²) in [4.78, 5) is 0. The lowest BCUT2D eigenvalue weighted by atomic mass is 9.82. The minimum atomic E-state index is -0.854. The maximum Gasteiger partial charge on any atom is 0.272 e. The smallest absolute Gasteiger partial charge is 0.272 e. The van der Waals surface area contributed by atoms with Gasteiger partial charge in [-0.1, -0.05) is 13.3 Å². The van der Waals surface area contributed by atoms with Crippen molar-refractivity contribution in [2.24, 2.45) is 0 Å². The van der Waals surface area contributed by atoms with Crippen LogP contribution in [0.15, 0.2) is 0 Å². The van der Waals surface area contributed by atoms with Crippen LogP contribution in [0.1, 0.15) is 19.8 Å². The summed E-state index contributed by atoms with van der Waals surface area (Å²) in [5.41, 5.74) is 0. The van der Waals surface area contributed by atoms with E-state index < -0.39 is 43.1 Å². The SMILES string of the molecule is CCCCOC1C2OC3OC(C2O)C(O)C1O3. The molecule has 4 bridgehead atoms. The molecule has 0 spiro atoms. The molecule has 4 unspecified atom stereocenters. The fraction of sp³-hybridized carbons (Fsp3) is 1.00. The van der Waals surface area contributed by atoms with Gasteiger partial charge in [-0.15, -0.1) is 0 Å². The van der Waals surface area contributed by atoms with Gasteiger partial charge in [0.2, 0.25) is 0 Å². The molecule has 0 radical (unpaired) electrons. The molecule has 2 N–H and O–H groups in total. The first-order chi connectivity index (χ1) is 8.22. The van der Waals surface area contributed by atoms with Gasteiger partial charge in [0.05, 0.1) is 0 Å². The van der Waals surface area contributed by atoms with Crippen molar-refractivity contribution < 1.29 is 29.2 Å². The van der Waals surface area contributed by atoms with Crippen LogP contribution in [0.25, 0.3) is 0 Å². The van der Waals surface area contributed by atoms with E-state index in [1.54, 1.807) is 0 Å². The van der Waals surface area contributed by atoms with Crippen molar-refractivity contribution in [1.82, 2.24) is 0 Å². The molecule has 0 aromatic rings. The Labute approximate surface area is 99.4 Å². The number of rotatable bonds is 4. The van der Waals surface area contributed by atoms with E-state index in [1.807, 2.05) is 0 Å². The van der Waals surface area contributed by atoms with Crippen LogP contribution in [-0.4, -0.2) is 59.9 Å². The molecule has 6 nitrogen and oxygen atoms in total. The van der Waals surface area contributed by atoms with Crippen molar-refractivity contribution >= 4 is 0 Å². The predicted molar refractivity (Wildman–Crippen MR) is 55.1 cm³/mol. The molecule has 4 atom stereocenters. The summed E-state index contributed by atoms with van der Waals surface area (Å²) in [6, 6.07) is 0. The fourth-order valence-corrected chi connectivity index (χ4v) is 2.66. The summed E-state index contributed by atoms with van der Waals surface area (Å²) < 4.78 is 21.7. The van der Waals surface area contributed by atoms with Crippen LogP contribution in [-0.2, 0) is 18.9 Å². The molecule has 3 saturated heterocycles. The lowest BCUT2D eigenvalue weighted by Crippen LogP contribution is -2.75. The van der Waals surface area contributed by atoms with Gasteiger partial charge in [0, 0.05) is 6.61 Å². The highest BCUT2D eigenvalue weighted by Gasteiger charge is 2.61. The van der Waals surface area contributed by atoms with Crippen molar-refractivity contribution in [1.29, 1.82) is 0 Å². The minimum absolute atomic E-state index is 0.414. The van der Waals surface area contributed by atoms with Gasteiger partial charge in [0.1, 0.15) is 36.6 Å². The van der Waals surface area contributed by atoms with Crippen molar-refractivity contribution in [3.63, 3.8) is 0 Å². The van der Waals surface area contributed by atoms with Gasteiger partial charge in [-0.3, -0.25) is 0 Å². The second-order valence-corrected chi connectivity index (χ2v) is 4.76. The molecule has 4 fully saturated rings. The Morgan fingerprint density at radius 3 is 2.18 bits per heavy atom. The molecular formula is C11H18O6. The third-order valence-electron chi connectivity index (χ3n) is 3.61. The normalized spacial score (nSPS) is 52.1. The third-order valence-corrected chi connectivity index (χ3v) is 3.61. The van der Waals surface area contributed by atoms with Crippen LogP contribution in [0, 0.1) is 0 Å². The van der Waals surface area contributed by atoms with Gasteiger partial charge in [0.15, 0.2) is 0 Å². The number of aliphatic hydroxyl groups is 2. The molecular weight excluding hydrogens is 228 g/mol. The molecule has 0 amide bonds. The van der Waals surface area contributed by atoms with E-state index in [0.29, 0.717) is 6.61 Å². The average molecular weight is 246 g/mol. The minimum Gasteiger partial charge on any atom is -0.387 e. The number of aliphatic hydroxyl groups excluding tert-OH is 2. The van der Waals surface area contributed by atoms with Gasteiger partial charge in [-0.25, -0.2) is 0 Å². The van der Waals surface area contributed by atoms with Crippen LogP contribution in [0.3, 0.4) is 0 Å². The Morgan fingerprint density at radius 2 is 1.59 bits per heavy atom. The summed E-state index contributed by atoms with van der Waals surface area (Å²) in [5, 5.41) is 20.0. The summed E-state index contributed by atoms with van der Waals surface area (Å²) in [6.45, 7) is 1.88. The quantitative estimate of drug-likeness (QED) is 0.643.